The molecule has 0 fully saturated rings. The van der Waals surface area contributed by atoms with Crippen molar-refractivity contribution in [3.05, 3.63) is 34.9 Å². The Morgan fingerprint density at radius 3 is 2.23 bits per heavy atom. The summed E-state index contributed by atoms with van der Waals surface area (Å²) in [6.07, 6.45) is 0. The number of rotatable bonds is 1. The maximum absolute atomic E-state index is 9.21. The predicted octanol–water partition coefficient (Wildman–Crippen LogP) is 2.78. The average molecular weight is 178 g/mol. The second-order valence-electron chi connectivity index (χ2n) is 4.52. The van der Waals surface area contributed by atoms with Gasteiger partial charge in [0.1, 0.15) is 0 Å². The molecule has 0 aliphatic heterocycles. The van der Waals surface area contributed by atoms with E-state index in [0.29, 0.717) is 0 Å². The summed E-state index contributed by atoms with van der Waals surface area (Å²) in [7, 11) is 0. The molecule has 0 atom stereocenters. The van der Waals surface area contributed by atoms with E-state index in [-0.39, 0.29) is 12.0 Å². The predicted molar refractivity (Wildman–Crippen MR) is 55.8 cm³/mol. The summed E-state index contributed by atoms with van der Waals surface area (Å²) in [4.78, 5) is 0. The molecule has 1 rings (SSSR count). The Labute approximate surface area is 80.4 Å². The van der Waals surface area contributed by atoms with Gasteiger partial charge in [-0.05, 0) is 29.0 Å². The van der Waals surface area contributed by atoms with E-state index in [0.717, 1.165) is 5.56 Å². The molecule has 0 aromatic heterocycles. The minimum atomic E-state index is 0.114. The van der Waals surface area contributed by atoms with Crippen LogP contribution in [0.15, 0.2) is 18.2 Å². The molecular formula is C12H18O. The van der Waals surface area contributed by atoms with Crippen LogP contribution < -0.4 is 0 Å². The van der Waals surface area contributed by atoms with Crippen LogP contribution in [0.1, 0.15) is 37.5 Å². The van der Waals surface area contributed by atoms with Crippen LogP contribution in [-0.4, -0.2) is 5.11 Å². The number of benzene rings is 1. The summed E-state index contributed by atoms with van der Waals surface area (Å²) in [6, 6.07) is 6.09. The normalized spacial score (nSPS) is 11.8. The minimum absolute atomic E-state index is 0.114. The van der Waals surface area contributed by atoms with Crippen LogP contribution >= 0.6 is 0 Å². The van der Waals surface area contributed by atoms with Crippen LogP contribution in [0.3, 0.4) is 0 Å². The molecule has 0 saturated heterocycles. The van der Waals surface area contributed by atoms with Crippen molar-refractivity contribution in [1.29, 1.82) is 0 Å². The molecule has 1 aromatic carbocycles. The molecule has 0 spiro atoms. The number of aliphatic hydroxyl groups excluding tert-OH is 1. The highest BCUT2D eigenvalue weighted by Crippen LogP contribution is 2.28. The van der Waals surface area contributed by atoms with Crippen LogP contribution in [0, 0.1) is 6.92 Å². The standard InChI is InChI=1S/C12H18O/c1-9-6-5-7-10(8-13)11(9)12(2,3)4/h5-7,13H,8H2,1-4H3. The highest BCUT2D eigenvalue weighted by Gasteiger charge is 2.19. The third kappa shape index (κ3) is 2.10. The summed E-state index contributed by atoms with van der Waals surface area (Å²) in [6.45, 7) is 8.76. The van der Waals surface area contributed by atoms with Crippen molar-refractivity contribution in [3.8, 4) is 0 Å². The molecule has 0 unspecified atom stereocenters. The van der Waals surface area contributed by atoms with Gasteiger partial charge in [0.15, 0.2) is 0 Å². The molecule has 1 aromatic rings. The molecule has 1 nitrogen and oxygen atoms in total. The van der Waals surface area contributed by atoms with Gasteiger partial charge in [-0.2, -0.15) is 0 Å². The fourth-order valence-corrected chi connectivity index (χ4v) is 1.93. The summed E-state index contributed by atoms with van der Waals surface area (Å²) in [5, 5.41) is 9.21. The van der Waals surface area contributed by atoms with E-state index in [4.69, 9.17) is 0 Å². The fourth-order valence-electron chi connectivity index (χ4n) is 1.93. The van der Waals surface area contributed by atoms with E-state index in [1.807, 2.05) is 12.1 Å². The van der Waals surface area contributed by atoms with E-state index in [1.54, 1.807) is 0 Å². The third-order valence-electron chi connectivity index (χ3n) is 2.28. The topological polar surface area (TPSA) is 20.2 Å². The molecule has 72 valence electrons. The first-order valence-corrected chi connectivity index (χ1v) is 4.66. The SMILES string of the molecule is Cc1cccc(CO)c1C(C)(C)C. The van der Waals surface area contributed by atoms with Crippen molar-refractivity contribution in [2.45, 2.75) is 39.7 Å². The van der Waals surface area contributed by atoms with Crippen molar-refractivity contribution >= 4 is 0 Å². The zero-order valence-corrected chi connectivity index (χ0v) is 8.89. The van der Waals surface area contributed by atoms with Gasteiger partial charge in [-0.1, -0.05) is 39.0 Å². The van der Waals surface area contributed by atoms with Crippen molar-refractivity contribution in [2.24, 2.45) is 0 Å². The van der Waals surface area contributed by atoms with Crippen molar-refractivity contribution in [3.63, 3.8) is 0 Å². The van der Waals surface area contributed by atoms with Gasteiger partial charge in [0.05, 0.1) is 6.61 Å². The Kier molecular flexibility index (Phi) is 2.77. The zero-order valence-electron chi connectivity index (χ0n) is 8.89. The number of hydrogen-bond acceptors (Lipinski definition) is 1. The van der Waals surface area contributed by atoms with Crippen LogP contribution in [0.4, 0.5) is 0 Å². The van der Waals surface area contributed by atoms with Gasteiger partial charge < -0.3 is 5.11 Å². The van der Waals surface area contributed by atoms with E-state index < -0.39 is 0 Å². The largest absolute Gasteiger partial charge is 0.392 e. The lowest BCUT2D eigenvalue weighted by Crippen LogP contribution is -2.16. The first-order valence-electron chi connectivity index (χ1n) is 4.66. The van der Waals surface area contributed by atoms with Gasteiger partial charge >= 0.3 is 0 Å². The van der Waals surface area contributed by atoms with Gasteiger partial charge in [0, 0.05) is 0 Å². The molecule has 0 amide bonds. The van der Waals surface area contributed by atoms with E-state index in [2.05, 4.69) is 33.8 Å². The fraction of sp³-hybridized carbons (Fsp3) is 0.500. The molecule has 0 radical (unpaired) electrons. The van der Waals surface area contributed by atoms with Crippen LogP contribution in [-0.2, 0) is 12.0 Å². The Balaban J connectivity index is 3.32. The van der Waals surface area contributed by atoms with Crippen molar-refractivity contribution in [1.82, 2.24) is 0 Å². The molecule has 0 aliphatic rings. The lowest BCUT2D eigenvalue weighted by molar-refractivity contribution is 0.278. The second kappa shape index (κ2) is 3.51. The molecule has 0 bridgehead atoms. The van der Waals surface area contributed by atoms with Gasteiger partial charge in [-0.15, -0.1) is 0 Å². The van der Waals surface area contributed by atoms with E-state index in [1.165, 1.54) is 11.1 Å². The average Bonchev–Trinajstić information content (AvgIpc) is 2.01. The Morgan fingerprint density at radius 2 is 1.85 bits per heavy atom. The number of aliphatic hydroxyl groups is 1. The number of aryl methyl sites for hydroxylation is 1. The maximum Gasteiger partial charge on any atom is 0.0684 e. The lowest BCUT2D eigenvalue weighted by Gasteiger charge is -2.24. The first kappa shape index (κ1) is 10.3. The van der Waals surface area contributed by atoms with E-state index in [9.17, 15) is 5.11 Å². The molecule has 0 saturated carbocycles. The summed E-state index contributed by atoms with van der Waals surface area (Å²) >= 11 is 0. The minimum Gasteiger partial charge on any atom is -0.392 e. The molecule has 0 aliphatic carbocycles. The molecule has 13 heavy (non-hydrogen) atoms. The van der Waals surface area contributed by atoms with Crippen molar-refractivity contribution < 1.29 is 5.11 Å². The lowest BCUT2D eigenvalue weighted by atomic mass is 9.81. The summed E-state index contributed by atoms with van der Waals surface area (Å²) in [5.74, 6) is 0. The monoisotopic (exact) mass is 178 g/mol. The molecule has 0 heterocycles. The summed E-state index contributed by atoms with van der Waals surface area (Å²) in [5.41, 5.74) is 3.70. The highest BCUT2D eigenvalue weighted by molar-refractivity contribution is 5.38. The Morgan fingerprint density at radius 1 is 1.23 bits per heavy atom. The number of hydrogen-bond donors (Lipinski definition) is 1. The molecule has 1 N–H and O–H groups in total. The van der Waals surface area contributed by atoms with Gasteiger partial charge in [0.25, 0.3) is 0 Å². The second-order valence-corrected chi connectivity index (χ2v) is 4.52. The summed E-state index contributed by atoms with van der Waals surface area (Å²) < 4.78 is 0. The quantitative estimate of drug-likeness (QED) is 0.701. The first-order chi connectivity index (χ1) is 5.96. The smallest absolute Gasteiger partial charge is 0.0684 e. The maximum atomic E-state index is 9.21. The van der Waals surface area contributed by atoms with Crippen LogP contribution in [0.5, 0.6) is 0 Å². The van der Waals surface area contributed by atoms with Crippen LogP contribution in [0.2, 0.25) is 0 Å². The van der Waals surface area contributed by atoms with Gasteiger partial charge in [-0.3, -0.25) is 0 Å². The molecular weight excluding hydrogens is 160 g/mol. The van der Waals surface area contributed by atoms with E-state index >= 15 is 0 Å². The Bertz CT molecular complexity index is 294. The molecule has 1 heteroatoms. The Hall–Kier alpha value is -0.820. The van der Waals surface area contributed by atoms with Gasteiger partial charge in [0.2, 0.25) is 0 Å². The third-order valence-corrected chi connectivity index (χ3v) is 2.28. The zero-order chi connectivity index (χ0) is 10.1. The van der Waals surface area contributed by atoms with Gasteiger partial charge in [-0.25, -0.2) is 0 Å². The highest BCUT2D eigenvalue weighted by atomic mass is 16.3. The van der Waals surface area contributed by atoms with Crippen LogP contribution in [0.25, 0.3) is 0 Å². The van der Waals surface area contributed by atoms with Crippen molar-refractivity contribution in [2.75, 3.05) is 0 Å².